The van der Waals surface area contributed by atoms with Crippen molar-refractivity contribution < 1.29 is 8.42 Å². The summed E-state index contributed by atoms with van der Waals surface area (Å²) < 4.78 is 27.4. The molecule has 0 radical (unpaired) electrons. The number of benzene rings is 1. The van der Waals surface area contributed by atoms with E-state index in [1.165, 1.54) is 0 Å². The number of aromatic nitrogens is 1. The van der Waals surface area contributed by atoms with E-state index in [9.17, 15) is 8.42 Å². The molecular weight excluding hydrogens is 360 g/mol. The summed E-state index contributed by atoms with van der Waals surface area (Å²) in [5.41, 5.74) is 1.96. The van der Waals surface area contributed by atoms with Crippen LogP contribution in [-0.4, -0.2) is 37.3 Å². The second-order valence-electron chi connectivity index (χ2n) is 5.69. The molecule has 132 valence electrons. The Morgan fingerprint density at radius 1 is 1.32 bits per heavy atom. The Hall–Kier alpha value is -1.98. The van der Waals surface area contributed by atoms with Crippen molar-refractivity contribution in [2.45, 2.75) is 11.8 Å². The zero-order valence-electron chi connectivity index (χ0n) is 13.5. The molecule has 8 heteroatoms. The molecule has 6 nitrogen and oxygen atoms in total. The van der Waals surface area contributed by atoms with Crippen LogP contribution in [0.3, 0.4) is 0 Å². The Bertz CT molecular complexity index is 852. The number of halogens is 1. The van der Waals surface area contributed by atoms with Gasteiger partial charge in [0.2, 0.25) is 10.0 Å². The number of nitrogens with zero attached hydrogens (tertiary/aromatic N) is 3. The van der Waals surface area contributed by atoms with Crippen molar-refractivity contribution in [1.29, 1.82) is 5.26 Å². The van der Waals surface area contributed by atoms with Gasteiger partial charge >= 0.3 is 0 Å². The minimum absolute atomic E-state index is 0. The first-order valence-corrected chi connectivity index (χ1v) is 9.30. The molecule has 0 saturated carbocycles. The molecule has 0 bridgehead atoms. The summed E-state index contributed by atoms with van der Waals surface area (Å²) >= 11 is 0. The van der Waals surface area contributed by atoms with Gasteiger partial charge in [0.15, 0.2) is 0 Å². The molecule has 25 heavy (non-hydrogen) atoms. The van der Waals surface area contributed by atoms with Crippen LogP contribution in [0.4, 0.5) is 0 Å². The normalized spacial score (nSPS) is 18.1. The summed E-state index contributed by atoms with van der Waals surface area (Å²) in [5, 5.41) is 12.2. The van der Waals surface area contributed by atoms with Gasteiger partial charge in [-0.1, -0.05) is 18.2 Å². The zero-order valence-corrected chi connectivity index (χ0v) is 15.1. The summed E-state index contributed by atoms with van der Waals surface area (Å²) in [4.78, 5) is 4.10. The van der Waals surface area contributed by atoms with Gasteiger partial charge < -0.3 is 5.32 Å². The highest BCUT2D eigenvalue weighted by Crippen LogP contribution is 2.26. The molecule has 1 aromatic carbocycles. The third-order valence-corrected chi connectivity index (χ3v) is 5.88. The van der Waals surface area contributed by atoms with Gasteiger partial charge in [0.1, 0.15) is 0 Å². The van der Waals surface area contributed by atoms with E-state index >= 15 is 0 Å². The lowest BCUT2D eigenvalue weighted by Crippen LogP contribution is -2.48. The van der Waals surface area contributed by atoms with Crippen LogP contribution in [-0.2, 0) is 15.8 Å². The number of hydrogen-bond acceptors (Lipinski definition) is 5. The number of rotatable bonds is 4. The fraction of sp³-hybridized carbons (Fsp3) is 0.294. The molecular formula is C17H19ClN4O2S. The van der Waals surface area contributed by atoms with Gasteiger partial charge in [0.25, 0.3) is 0 Å². The quantitative estimate of drug-likeness (QED) is 0.877. The summed E-state index contributed by atoms with van der Waals surface area (Å²) in [6.07, 6.45) is 3.38. The lowest BCUT2D eigenvalue weighted by Gasteiger charge is -2.35. The lowest BCUT2D eigenvalue weighted by atomic mass is 10.1. The van der Waals surface area contributed by atoms with E-state index in [4.69, 9.17) is 5.26 Å². The van der Waals surface area contributed by atoms with Crippen molar-refractivity contribution >= 4 is 22.4 Å². The highest BCUT2D eigenvalue weighted by Gasteiger charge is 2.33. The molecule has 0 amide bonds. The van der Waals surface area contributed by atoms with Gasteiger partial charge in [-0.2, -0.15) is 9.57 Å². The van der Waals surface area contributed by atoms with Crippen LogP contribution in [0, 0.1) is 11.3 Å². The van der Waals surface area contributed by atoms with Crippen LogP contribution in [0.25, 0.3) is 0 Å². The number of piperazine rings is 1. The van der Waals surface area contributed by atoms with Crippen LogP contribution in [0.15, 0.2) is 48.8 Å². The van der Waals surface area contributed by atoms with Crippen molar-refractivity contribution in [2.24, 2.45) is 0 Å². The molecule has 2 heterocycles. The van der Waals surface area contributed by atoms with Gasteiger partial charge in [0.05, 0.1) is 23.4 Å². The van der Waals surface area contributed by atoms with Crippen molar-refractivity contribution in [3.8, 4) is 6.07 Å². The highest BCUT2D eigenvalue weighted by molar-refractivity contribution is 7.88. The van der Waals surface area contributed by atoms with Gasteiger partial charge in [-0.3, -0.25) is 4.98 Å². The summed E-state index contributed by atoms with van der Waals surface area (Å²) in [6.45, 7) is 1.59. The van der Waals surface area contributed by atoms with Gasteiger partial charge in [-0.05, 0) is 29.3 Å². The number of sulfonamides is 1. The predicted molar refractivity (Wildman–Crippen MR) is 97.6 cm³/mol. The van der Waals surface area contributed by atoms with E-state index in [-0.39, 0.29) is 24.2 Å². The Balaban J connectivity index is 0.00000225. The van der Waals surface area contributed by atoms with Crippen molar-refractivity contribution in [1.82, 2.24) is 14.6 Å². The SMILES string of the molecule is Cl.N#Cc1cccc(CS(=O)(=O)N2CCNCC2c2cccnc2)c1. The third-order valence-electron chi connectivity index (χ3n) is 4.03. The van der Waals surface area contributed by atoms with E-state index < -0.39 is 10.0 Å². The van der Waals surface area contributed by atoms with E-state index in [2.05, 4.69) is 10.3 Å². The van der Waals surface area contributed by atoms with Crippen molar-refractivity contribution in [3.63, 3.8) is 0 Å². The number of nitrogens with one attached hydrogen (secondary N) is 1. The first kappa shape index (κ1) is 19.3. The standard InChI is InChI=1S/C17H18N4O2S.ClH/c18-10-14-3-1-4-15(9-14)13-24(22,23)21-8-7-20-12-17(21)16-5-2-6-19-11-16;/h1-6,9,11,17,20H,7-8,12-13H2;1H. The molecule has 1 N–H and O–H groups in total. The van der Waals surface area contributed by atoms with E-state index in [0.717, 1.165) is 5.56 Å². The van der Waals surface area contributed by atoms with Gasteiger partial charge in [0, 0.05) is 32.0 Å². The summed E-state index contributed by atoms with van der Waals surface area (Å²) in [6, 6.07) is 12.2. The smallest absolute Gasteiger partial charge is 0.218 e. The average molecular weight is 379 g/mol. The van der Waals surface area contributed by atoms with E-state index in [1.54, 1.807) is 41.0 Å². The molecule has 1 saturated heterocycles. The fourth-order valence-electron chi connectivity index (χ4n) is 2.90. The highest BCUT2D eigenvalue weighted by atomic mass is 35.5. The molecule has 1 fully saturated rings. The fourth-order valence-corrected chi connectivity index (χ4v) is 4.62. The molecule has 1 aliphatic rings. The van der Waals surface area contributed by atoms with Crippen LogP contribution in [0.1, 0.15) is 22.7 Å². The number of nitriles is 1. The maximum atomic E-state index is 12.9. The molecule has 1 unspecified atom stereocenters. The summed E-state index contributed by atoms with van der Waals surface area (Å²) in [7, 11) is -3.50. The van der Waals surface area contributed by atoms with Crippen LogP contribution in [0.2, 0.25) is 0 Å². The lowest BCUT2D eigenvalue weighted by molar-refractivity contribution is 0.271. The summed E-state index contributed by atoms with van der Waals surface area (Å²) in [5.74, 6) is -0.112. The minimum Gasteiger partial charge on any atom is -0.313 e. The topological polar surface area (TPSA) is 86.1 Å². The average Bonchev–Trinajstić information content (AvgIpc) is 2.62. The number of hydrogen-bond donors (Lipinski definition) is 1. The van der Waals surface area contributed by atoms with Gasteiger partial charge in [-0.25, -0.2) is 8.42 Å². The minimum atomic E-state index is -3.50. The Morgan fingerprint density at radius 3 is 2.88 bits per heavy atom. The first-order valence-electron chi connectivity index (χ1n) is 7.69. The van der Waals surface area contributed by atoms with Crippen LogP contribution in [0.5, 0.6) is 0 Å². The Kier molecular flexibility index (Phi) is 6.51. The predicted octanol–water partition coefficient (Wildman–Crippen LogP) is 1.85. The molecule has 0 spiro atoms. The largest absolute Gasteiger partial charge is 0.313 e. The molecule has 1 atom stereocenters. The maximum Gasteiger partial charge on any atom is 0.218 e. The second-order valence-corrected chi connectivity index (χ2v) is 7.61. The molecule has 2 aromatic rings. The Morgan fingerprint density at radius 2 is 2.16 bits per heavy atom. The van der Waals surface area contributed by atoms with Crippen molar-refractivity contribution in [3.05, 3.63) is 65.5 Å². The third kappa shape index (κ3) is 4.55. The van der Waals surface area contributed by atoms with E-state index in [1.807, 2.05) is 18.2 Å². The molecule has 3 rings (SSSR count). The Labute approximate surface area is 154 Å². The molecule has 1 aromatic heterocycles. The zero-order chi connectivity index (χ0) is 17.0. The molecule has 1 aliphatic heterocycles. The monoisotopic (exact) mass is 378 g/mol. The van der Waals surface area contributed by atoms with Crippen LogP contribution < -0.4 is 5.32 Å². The van der Waals surface area contributed by atoms with Crippen molar-refractivity contribution in [2.75, 3.05) is 19.6 Å². The number of pyridine rings is 1. The second kappa shape index (κ2) is 8.41. The van der Waals surface area contributed by atoms with Crippen LogP contribution >= 0.6 is 12.4 Å². The van der Waals surface area contributed by atoms with E-state index in [0.29, 0.717) is 30.8 Å². The first-order chi connectivity index (χ1) is 11.6. The maximum absolute atomic E-state index is 12.9. The van der Waals surface area contributed by atoms with Gasteiger partial charge in [-0.15, -0.1) is 12.4 Å². The molecule has 0 aliphatic carbocycles.